The highest BCUT2D eigenvalue weighted by Gasteiger charge is 2.14. The number of carbonyl (C=O) groups is 1. The largest absolute Gasteiger partial charge is 0.496 e. The molecule has 2 N–H and O–H groups in total. The zero-order valence-electron chi connectivity index (χ0n) is 16.7. The number of rotatable bonds is 9. The number of anilines is 1. The topological polar surface area (TPSA) is 93.7 Å². The molecule has 31 heavy (non-hydrogen) atoms. The summed E-state index contributed by atoms with van der Waals surface area (Å²) in [5.41, 5.74) is 1.08. The molecule has 0 atom stereocenters. The number of carbonyl (C=O) groups excluding carboxylic acids is 1. The van der Waals surface area contributed by atoms with Gasteiger partial charge in [-0.05, 0) is 54.6 Å². The number of sulfonamides is 1. The summed E-state index contributed by atoms with van der Waals surface area (Å²) in [6.07, 6.45) is 0. The average molecular weight is 444 g/mol. The minimum atomic E-state index is -3.84. The first-order valence-electron chi connectivity index (χ1n) is 9.27. The Hall–Kier alpha value is -3.59. The summed E-state index contributed by atoms with van der Waals surface area (Å²) in [6.45, 7) is 0.0630. The molecule has 0 radical (unpaired) electrons. The molecule has 0 aliphatic carbocycles. The van der Waals surface area contributed by atoms with E-state index in [2.05, 4.69) is 10.0 Å². The number of amides is 1. The predicted molar refractivity (Wildman–Crippen MR) is 114 cm³/mol. The van der Waals surface area contributed by atoms with Crippen LogP contribution in [-0.2, 0) is 21.4 Å². The van der Waals surface area contributed by atoms with Gasteiger partial charge < -0.3 is 14.8 Å². The number of para-hydroxylation sites is 1. The average Bonchev–Trinajstić information content (AvgIpc) is 2.78. The van der Waals surface area contributed by atoms with Crippen molar-refractivity contribution >= 4 is 21.6 Å². The molecule has 9 heteroatoms. The van der Waals surface area contributed by atoms with Crippen molar-refractivity contribution < 1.29 is 27.1 Å². The van der Waals surface area contributed by atoms with E-state index < -0.39 is 15.8 Å². The molecule has 0 heterocycles. The van der Waals surface area contributed by atoms with Gasteiger partial charge in [-0.15, -0.1) is 0 Å². The Balaban J connectivity index is 1.53. The Morgan fingerprint density at radius 3 is 2.32 bits per heavy atom. The number of methoxy groups -OCH3 is 1. The maximum absolute atomic E-state index is 13.0. The van der Waals surface area contributed by atoms with Crippen LogP contribution >= 0.6 is 0 Å². The summed E-state index contributed by atoms with van der Waals surface area (Å²) < 4.78 is 50.8. The number of halogens is 1. The number of hydrogen-bond donors (Lipinski definition) is 2. The van der Waals surface area contributed by atoms with Crippen molar-refractivity contribution in [2.75, 3.05) is 18.4 Å². The van der Waals surface area contributed by atoms with Gasteiger partial charge in [0.2, 0.25) is 0 Å². The van der Waals surface area contributed by atoms with Gasteiger partial charge in [0.1, 0.15) is 17.3 Å². The molecule has 0 saturated carbocycles. The fourth-order valence-corrected chi connectivity index (χ4v) is 3.75. The lowest BCUT2D eigenvalue weighted by Crippen LogP contribution is -2.28. The van der Waals surface area contributed by atoms with Gasteiger partial charge in [-0.1, -0.05) is 18.2 Å². The van der Waals surface area contributed by atoms with Crippen molar-refractivity contribution in [1.82, 2.24) is 5.32 Å². The van der Waals surface area contributed by atoms with Crippen LogP contribution in [0.3, 0.4) is 0 Å². The van der Waals surface area contributed by atoms with Crippen LogP contribution in [0.1, 0.15) is 5.56 Å². The Morgan fingerprint density at radius 2 is 1.65 bits per heavy atom. The molecule has 0 unspecified atom stereocenters. The highest BCUT2D eigenvalue weighted by atomic mass is 32.2. The first kappa shape index (κ1) is 22.1. The molecule has 3 rings (SSSR count). The Bertz CT molecular complexity index is 1130. The van der Waals surface area contributed by atoms with Gasteiger partial charge in [-0.25, -0.2) is 12.8 Å². The Labute approximate surface area is 179 Å². The molecule has 162 valence electrons. The van der Waals surface area contributed by atoms with Crippen molar-refractivity contribution in [1.29, 1.82) is 0 Å². The van der Waals surface area contributed by atoms with Gasteiger partial charge in [-0.3, -0.25) is 9.52 Å². The normalized spacial score (nSPS) is 10.9. The van der Waals surface area contributed by atoms with Crippen molar-refractivity contribution in [3.05, 3.63) is 84.2 Å². The van der Waals surface area contributed by atoms with Crippen molar-refractivity contribution in [2.45, 2.75) is 11.4 Å². The molecule has 0 saturated heterocycles. The second-order valence-corrected chi connectivity index (χ2v) is 8.14. The first-order chi connectivity index (χ1) is 14.9. The fraction of sp³-hybridized carbons (Fsp3) is 0.136. The van der Waals surface area contributed by atoms with Crippen LogP contribution < -0.4 is 19.5 Å². The molecule has 0 aliphatic heterocycles. The van der Waals surface area contributed by atoms with Gasteiger partial charge in [0.05, 0.1) is 12.0 Å². The second kappa shape index (κ2) is 9.94. The third-order valence-corrected chi connectivity index (χ3v) is 5.67. The van der Waals surface area contributed by atoms with E-state index in [4.69, 9.17) is 9.47 Å². The van der Waals surface area contributed by atoms with Crippen LogP contribution in [0.15, 0.2) is 77.7 Å². The van der Waals surface area contributed by atoms with E-state index in [1.54, 1.807) is 13.2 Å². The number of nitrogens with one attached hydrogen (secondary N) is 2. The van der Waals surface area contributed by atoms with Gasteiger partial charge in [0.15, 0.2) is 6.61 Å². The quantitative estimate of drug-likeness (QED) is 0.528. The van der Waals surface area contributed by atoms with Crippen LogP contribution in [0.5, 0.6) is 11.5 Å². The Kier molecular flexibility index (Phi) is 7.09. The van der Waals surface area contributed by atoms with Crippen molar-refractivity contribution in [2.24, 2.45) is 0 Å². The monoisotopic (exact) mass is 444 g/mol. The lowest BCUT2D eigenvalue weighted by molar-refractivity contribution is -0.123. The van der Waals surface area contributed by atoms with Gasteiger partial charge >= 0.3 is 0 Å². The smallest absolute Gasteiger partial charge is 0.261 e. The van der Waals surface area contributed by atoms with Gasteiger partial charge in [0, 0.05) is 17.8 Å². The molecular weight excluding hydrogens is 423 g/mol. The van der Waals surface area contributed by atoms with E-state index in [1.165, 1.54) is 36.4 Å². The van der Waals surface area contributed by atoms with Gasteiger partial charge in [0.25, 0.3) is 15.9 Å². The maximum atomic E-state index is 13.0. The summed E-state index contributed by atoms with van der Waals surface area (Å²) in [5, 5.41) is 2.73. The summed E-state index contributed by atoms with van der Waals surface area (Å²) in [4.78, 5) is 12.0. The molecular formula is C22H21FN2O5S. The molecule has 0 aliphatic rings. The molecule has 0 fully saturated rings. The van der Waals surface area contributed by atoms with E-state index in [0.29, 0.717) is 18.0 Å². The lowest BCUT2D eigenvalue weighted by Gasteiger charge is -2.11. The minimum Gasteiger partial charge on any atom is -0.496 e. The van der Waals surface area contributed by atoms with Crippen LogP contribution in [-0.4, -0.2) is 28.0 Å². The van der Waals surface area contributed by atoms with Crippen LogP contribution in [0.4, 0.5) is 10.1 Å². The summed E-state index contributed by atoms with van der Waals surface area (Å²) in [7, 11) is -2.28. The summed E-state index contributed by atoms with van der Waals surface area (Å²) >= 11 is 0. The Morgan fingerprint density at radius 1 is 0.968 bits per heavy atom. The van der Waals surface area contributed by atoms with Crippen LogP contribution in [0, 0.1) is 5.82 Å². The zero-order valence-corrected chi connectivity index (χ0v) is 17.5. The fourth-order valence-electron chi connectivity index (χ4n) is 2.69. The maximum Gasteiger partial charge on any atom is 0.261 e. The molecule has 3 aromatic rings. The van der Waals surface area contributed by atoms with Crippen LogP contribution in [0.2, 0.25) is 0 Å². The highest BCUT2D eigenvalue weighted by Crippen LogP contribution is 2.20. The molecule has 7 nitrogen and oxygen atoms in total. The van der Waals surface area contributed by atoms with Crippen molar-refractivity contribution in [3.63, 3.8) is 0 Å². The third-order valence-electron chi connectivity index (χ3n) is 4.27. The SMILES string of the molecule is COc1ccccc1CNC(=O)COc1ccc(S(=O)(=O)Nc2ccc(F)cc2)cc1. The number of ether oxygens (including phenoxy) is 2. The minimum absolute atomic E-state index is 0.00444. The predicted octanol–water partition coefficient (Wildman–Crippen LogP) is 3.33. The molecule has 1 amide bonds. The standard InChI is InChI=1S/C22H21FN2O5S/c1-29-21-5-3-2-4-16(21)14-24-22(26)15-30-19-10-12-20(13-11-19)31(27,28)25-18-8-6-17(23)7-9-18/h2-13,25H,14-15H2,1H3,(H,24,26). The molecule has 3 aromatic carbocycles. The van der Waals surface area contributed by atoms with E-state index in [9.17, 15) is 17.6 Å². The van der Waals surface area contributed by atoms with E-state index in [1.807, 2.05) is 18.2 Å². The number of benzene rings is 3. The van der Waals surface area contributed by atoms with Gasteiger partial charge in [-0.2, -0.15) is 0 Å². The van der Waals surface area contributed by atoms with E-state index in [0.717, 1.165) is 17.7 Å². The summed E-state index contributed by atoms with van der Waals surface area (Å²) in [5.74, 6) is 0.222. The second-order valence-electron chi connectivity index (χ2n) is 6.46. The number of hydrogen-bond acceptors (Lipinski definition) is 5. The summed E-state index contributed by atoms with van der Waals surface area (Å²) in [6, 6.07) is 17.9. The van der Waals surface area contributed by atoms with Crippen molar-refractivity contribution in [3.8, 4) is 11.5 Å². The lowest BCUT2D eigenvalue weighted by atomic mass is 10.2. The van der Waals surface area contributed by atoms with E-state index in [-0.39, 0.29) is 23.1 Å². The highest BCUT2D eigenvalue weighted by molar-refractivity contribution is 7.92. The first-order valence-corrected chi connectivity index (χ1v) is 10.8. The molecule has 0 bridgehead atoms. The third kappa shape index (κ3) is 6.19. The molecule has 0 aromatic heterocycles. The molecule has 0 spiro atoms. The zero-order chi connectivity index (χ0) is 22.3. The van der Waals surface area contributed by atoms with Crippen LogP contribution in [0.25, 0.3) is 0 Å². The van der Waals surface area contributed by atoms with E-state index >= 15 is 0 Å².